The van der Waals surface area contributed by atoms with Crippen molar-refractivity contribution in [3.63, 3.8) is 0 Å². The van der Waals surface area contributed by atoms with E-state index in [0.717, 1.165) is 0 Å². The standard InChI is InChI=1S/C28H40S4Si4/c1-33(2,3)21-13-17-18-14-22(34(4,5)6)30-26(18)20-16-24(36(10,11)12)32-28(20)27-19(25(17)29-21)15-23(31-27)35(7,8)9/h13-16H,1-12H3. The summed E-state index contributed by atoms with van der Waals surface area (Å²) < 4.78 is 6.56. The summed E-state index contributed by atoms with van der Waals surface area (Å²) in [6.07, 6.45) is 0. The lowest BCUT2D eigenvalue weighted by Gasteiger charge is -2.12. The molecule has 4 heterocycles. The van der Waals surface area contributed by atoms with E-state index >= 15 is 0 Å². The van der Waals surface area contributed by atoms with E-state index in [1.807, 2.05) is 0 Å². The third-order valence-corrected chi connectivity index (χ3v) is 26.0. The molecule has 0 fully saturated rings. The predicted octanol–water partition coefficient (Wildman–Crippen LogP) is 9.09. The van der Waals surface area contributed by atoms with Gasteiger partial charge in [-0.25, -0.2) is 0 Å². The topological polar surface area (TPSA) is 0 Å². The van der Waals surface area contributed by atoms with Crippen molar-refractivity contribution in [3.8, 4) is 41.8 Å². The zero-order valence-electron chi connectivity index (χ0n) is 23.9. The highest BCUT2D eigenvalue weighted by molar-refractivity contribution is 7.36. The van der Waals surface area contributed by atoms with E-state index in [4.69, 9.17) is 0 Å². The summed E-state index contributed by atoms with van der Waals surface area (Å²) >= 11 is 8.46. The van der Waals surface area contributed by atoms with Crippen LogP contribution in [0.4, 0.5) is 0 Å². The monoisotopic (exact) mass is 616 g/mol. The maximum Gasteiger partial charge on any atom is 0.0904 e. The van der Waals surface area contributed by atoms with Gasteiger partial charge in [0.1, 0.15) is 0 Å². The van der Waals surface area contributed by atoms with Gasteiger partial charge in [-0.1, -0.05) is 78.6 Å². The number of hydrogen-bond acceptors (Lipinski definition) is 4. The molecular formula is C28H40S4Si4. The molecule has 0 saturated carbocycles. The first-order valence-corrected chi connectivity index (χ1v) is 30.2. The van der Waals surface area contributed by atoms with Crippen LogP contribution in [0.1, 0.15) is 0 Å². The average molecular weight is 617 g/mol. The highest BCUT2D eigenvalue weighted by atomic mass is 32.1. The van der Waals surface area contributed by atoms with Gasteiger partial charge in [-0.05, 0) is 42.3 Å². The van der Waals surface area contributed by atoms with E-state index < -0.39 is 32.3 Å². The second-order valence-electron chi connectivity index (χ2n) is 14.4. The Morgan fingerprint density at radius 1 is 0.333 bits per heavy atom. The fourth-order valence-corrected chi connectivity index (χ4v) is 17.0. The molecule has 8 heteroatoms. The second-order valence-corrected chi connectivity index (χ2v) is 40.2. The van der Waals surface area contributed by atoms with Gasteiger partial charge < -0.3 is 0 Å². The SMILES string of the molecule is C[Si](C)(C)c1cc2c(s1)-c1cc([Si](C)(C)C)sc1-c1sc([Si](C)(C)C)cc1-c1sc([Si](C)(C)C)cc1-2. The van der Waals surface area contributed by atoms with Crippen molar-refractivity contribution in [2.75, 3.05) is 0 Å². The molecule has 1 aliphatic carbocycles. The van der Waals surface area contributed by atoms with Crippen LogP contribution in [0.5, 0.6) is 0 Å². The summed E-state index contributed by atoms with van der Waals surface area (Å²) in [5, 5.41) is 0. The molecule has 192 valence electrons. The van der Waals surface area contributed by atoms with Crippen molar-refractivity contribution in [2.24, 2.45) is 0 Å². The lowest BCUT2D eigenvalue weighted by atomic mass is 9.97. The van der Waals surface area contributed by atoms with Crippen molar-refractivity contribution in [1.29, 1.82) is 0 Å². The van der Waals surface area contributed by atoms with Gasteiger partial charge in [0.15, 0.2) is 0 Å². The Bertz CT molecular complexity index is 1140. The van der Waals surface area contributed by atoms with E-state index in [9.17, 15) is 0 Å². The number of thiophene rings is 4. The molecular weight excluding hydrogens is 577 g/mol. The van der Waals surface area contributed by atoms with Gasteiger partial charge in [-0.15, -0.1) is 45.3 Å². The minimum absolute atomic E-state index is 1.43. The molecule has 0 aromatic carbocycles. The minimum atomic E-state index is -1.43. The van der Waals surface area contributed by atoms with Crippen molar-refractivity contribution in [1.82, 2.24) is 0 Å². The van der Waals surface area contributed by atoms with Crippen LogP contribution in [0.3, 0.4) is 0 Å². The first kappa shape index (κ1) is 27.2. The van der Waals surface area contributed by atoms with Gasteiger partial charge in [-0.3, -0.25) is 0 Å². The Hall–Kier alpha value is -0.332. The largest absolute Gasteiger partial charge is 0.144 e. The van der Waals surface area contributed by atoms with Crippen molar-refractivity contribution in [2.45, 2.75) is 78.6 Å². The number of rotatable bonds is 4. The van der Waals surface area contributed by atoms with Crippen LogP contribution in [0.15, 0.2) is 24.3 Å². The summed E-state index contributed by atoms with van der Waals surface area (Å²) in [7, 11) is -5.72. The predicted molar refractivity (Wildman–Crippen MR) is 185 cm³/mol. The van der Waals surface area contributed by atoms with E-state index in [-0.39, 0.29) is 0 Å². The summed E-state index contributed by atoms with van der Waals surface area (Å²) in [6, 6.07) is 10.4. The summed E-state index contributed by atoms with van der Waals surface area (Å²) in [6.45, 7) is 30.1. The van der Waals surface area contributed by atoms with Crippen LogP contribution < -0.4 is 18.0 Å². The molecule has 36 heavy (non-hydrogen) atoms. The van der Waals surface area contributed by atoms with E-state index in [2.05, 4.69) is 148 Å². The molecule has 5 rings (SSSR count). The third-order valence-electron chi connectivity index (χ3n) is 6.87. The smallest absolute Gasteiger partial charge is 0.0904 e. The molecule has 4 aromatic heterocycles. The Balaban J connectivity index is 1.93. The van der Waals surface area contributed by atoms with Crippen molar-refractivity contribution >= 4 is 95.6 Å². The summed E-state index contributed by atoms with van der Waals surface area (Å²) in [5.74, 6) is 0. The number of fused-ring (bicyclic) bond motifs is 8. The molecule has 4 aromatic rings. The van der Waals surface area contributed by atoms with E-state index in [0.29, 0.717) is 0 Å². The van der Waals surface area contributed by atoms with Crippen LogP contribution in [0.25, 0.3) is 41.8 Å². The van der Waals surface area contributed by atoms with Crippen LogP contribution in [0, 0.1) is 0 Å². The maximum atomic E-state index is 2.62. The van der Waals surface area contributed by atoms with Gasteiger partial charge in [0.25, 0.3) is 0 Å². The van der Waals surface area contributed by atoms with Crippen LogP contribution in [-0.4, -0.2) is 32.3 Å². The van der Waals surface area contributed by atoms with Crippen molar-refractivity contribution in [3.05, 3.63) is 24.3 Å². The normalized spacial score (nSPS) is 14.1. The summed E-state index contributed by atoms with van der Waals surface area (Å²) in [5.41, 5.74) is 6.08. The molecule has 0 radical (unpaired) electrons. The van der Waals surface area contributed by atoms with E-state index in [1.54, 1.807) is 27.8 Å². The van der Waals surface area contributed by atoms with Crippen LogP contribution in [-0.2, 0) is 0 Å². The molecule has 0 aliphatic heterocycles. The summed E-state index contributed by atoms with van der Waals surface area (Å²) in [4.78, 5) is 6.18. The van der Waals surface area contributed by atoms with Gasteiger partial charge in [0.05, 0.1) is 42.0 Å². The maximum absolute atomic E-state index is 2.62. The first-order chi connectivity index (χ1) is 16.4. The van der Waals surface area contributed by atoms with Gasteiger partial charge in [0, 0.05) is 32.0 Å². The zero-order chi connectivity index (χ0) is 26.6. The van der Waals surface area contributed by atoms with Gasteiger partial charge in [-0.2, -0.15) is 0 Å². The number of hydrogen-bond donors (Lipinski definition) is 0. The highest BCUT2D eigenvalue weighted by Gasteiger charge is 2.35. The van der Waals surface area contributed by atoms with Crippen LogP contribution >= 0.6 is 45.3 Å². The molecule has 0 N–H and O–H groups in total. The molecule has 0 atom stereocenters. The Morgan fingerprint density at radius 2 is 0.556 bits per heavy atom. The van der Waals surface area contributed by atoms with Gasteiger partial charge in [0.2, 0.25) is 0 Å². The fourth-order valence-electron chi connectivity index (χ4n) is 4.52. The molecule has 0 saturated heterocycles. The highest BCUT2D eigenvalue weighted by Crippen LogP contribution is 2.54. The van der Waals surface area contributed by atoms with Crippen molar-refractivity contribution < 1.29 is 0 Å². The fraction of sp³-hybridized carbons (Fsp3) is 0.429. The van der Waals surface area contributed by atoms with Gasteiger partial charge >= 0.3 is 0 Å². The second kappa shape index (κ2) is 8.58. The molecule has 0 bridgehead atoms. The Kier molecular flexibility index (Phi) is 6.49. The molecule has 0 nitrogen and oxygen atoms in total. The minimum Gasteiger partial charge on any atom is -0.144 e. The molecule has 1 aliphatic rings. The first-order valence-electron chi connectivity index (χ1n) is 12.9. The molecule has 0 unspecified atom stereocenters. The quantitative estimate of drug-likeness (QED) is 0.177. The van der Waals surface area contributed by atoms with E-state index in [1.165, 1.54) is 32.0 Å². The third kappa shape index (κ3) is 4.67. The molecule has 0 spiro atoms. The lowest BCUT2D eigenvalue weighted by Crippen LogP contribution is -2.35. The lowest BCUT2D eigenvalue weighted by molar-refractivity contribution is 1.72. The zero-order valence-corrected chi connectivity index (χ0v) is 31.2. The molecule has 0 amide bonds. The Morgan fingerprint density at radius 3 is 0.806 bits per heavy atom. The van der Waals surface area contributed by atoms with Crippen LogP contribution in [0.2, 0.25) is 78.6 Å². The average Bonchev–Trinajstić information content (AvgIpc) is 3.44. The Labute approximate surface area is 238 Å².